The van der Waals surface area contributed by atoms with Gasteiger partial charge in [0.25, 0.3) is 0 Å². The van der Waals surface area contributed by atoms with Crippen molar-refractivity contribution in [1.29, 1.82) is 0 Å². The van der Waals surface area contributed by atoms with Gasteiger partial charge in [0.2, 0.25) is 5.91 Å². The molecule has 0 aliphatic carbocycles. The van der Waals surface area contributed by atoms with Crippen LogP contribution in [0.2, 0.25) is 0 Å². The van der Waals surface area contributed by atoms with Crippen LogP contribution in [-0.4, -0.2) is 34.7 Å². The minimum absolute atomic E-state index is 0.178. The zero-order chi connectivity index (χ0) is 9.30. The summed E-state index contributed by atoms with van der Waals surface area (Å²) in [7, 11) is 0. The molecule has 1 amide bonds. The van der Waals surface area contributed by atoms with E-state index in [-0.39, 0.29) is 17.9 Å². The summed E-state index contributed by atoms with van der Waals surface area (Å²) in [6.07, 6.45) is -0.0180. The highest BCUT2D eigenvalue weighted by Gasteiger charge is 2.34. The van der Waals surface area contributed by atoms with Gasteiger partial charge in [-0.15, -0.1) is 0 Å². The molecule has 2 unspecified atom stereocenters. The van der Waals surface area contributed by atoms with Crippen LogP contribution in [0.3, 0.4) is 0 Å². The van der Waals surface area contributed by atoms with Gasteiger partial charge < -0.3 is 10.8 Å². The summed E-state index contributed by atoms with van der Waals surface area (Å²) in [5.74, 6) is -0.486. The second-order valence-electron chi connectivity index (χ2n) is 3.61. The van der Waals surface area contributed by atoms with E-state index < -0.39 is 6.23 Å². The van der Waals surface area contributed by atoms with Crippen molar-refractivity contribution in [2.24, 2.45) is 11.7 Å². The van der Waals surface area contributed by atoms with E-state index in [9.17, 15) is 9.90 Å². The molecule has 0 aromatic heterocycles. The van der Waals surface area contributed by atoms with E-state index in [1.54, 1.807) is 0 Å². The molecule has 4 nitrogen and oxygen atoms in total. The van der Waals surface area contributed by atoms with Gasteiger partial charge in [-0.25, -0.2) is 0 Å². The van der Waals surface area contributed by atoms with Gasteiger partial charge in [0.05, 0.1) is 5.92 Å². The van der Waals surface area contributed by atoms with Crippen LogP contribution < -0.4 is 5.73 Å². The summed E-state index contributed by atoms with van der Waals surface area (Å²) in [6.45, 7) is 4.58. The van der Waals surface area contributed by atoms with Crippen LogP contribution >= 0.6 is 0 Å². The van der Waals surface area contributed by atoms with Crippen molar-refractivity contribution in [3.05, 3.63) is 0 Å². The lowest BCUT2D eigenvalue weighted by Gasteiger charge is -2.23. The average molecular weight is 172 g/mol. The summed E-state index contributed by atoms with van der Waals surface area (Å²) in [5.41, 5.74) is 5.15. The molecule has 1 aliphatic heterocycles. The van der Waals surface area contributed by atoms with E-state index in [0.29, 0.717) is 13.0 Å². The smallest absolute Gasteiger partial charge is 0.221 e. The first-order valence-corrected chi connectivity index (χ1v) is 4.25. The first-order chi connectivity index (χ1) is 5.52. The van der Waals surface area contributed by atoms with Crippen molar-refractivity contribution in [3.63, 3.8) is 0 Å². The minimum Gasteiger partial charge on any atom is -0.378 e. The molecule has 4 heteroatoms. The zero-order valence-electron chi connectivity index (χ0n) is 7.53. The number of rotatable bonds is 2. The number of likely N-dealkylation sites (tertiary alicyclic amines) is 1. The largest absolute Gasteiger partial charge is 0.378 e. The molecule has 1 aliphatic rings. The summed E-state index contributed by atoms with van der Waals surface area (Å²) in [4.78, 5) is 12.7. The molecule has 1 rings (SSSR count). The molecular formula is C8H16N2O2. The molecule has 1 fully saturated rings. The molecule has 12 heavy (non-hydrogen) atoms. The molecule has 70 valence electrons. The van der Waals surface area contributed by atoms with Crippen molar-refractivity contribution >= 4 is 5.91 Å². The van der Waals surface area contributed by atoms with Gasteiger partial charge in [0, 0.05) is 12.6 Å². The van der Waals surface area contributed by atoms with Gasteiger partial charge in [-0.2, -0.15) is 0 Å². The monoisotopic (exact) mass is 172 g/mol. The fourth-order valence-corrected chi connectivity index (χ4v) is 1.60. The number of primary amides is 1. The molecule has 1 heterocycles. The second-order valence-corrected chi connectivity index (χ2v) is 3.61. The Morgan fingerprint density at radius 1 is 1.67 bits per heavy atom. The first-order valence-electron chi connectivity index (χ1n) is 4.25. The second kappa shape index (κ2) is 3.41. The van der Waals surface area contributed by atoms with Gasteiger partial charge in [-0.05, 0) is 20.3 Å². The number of nitrogens with zero attached hydrogens (tertiary/aromatic N) is 1. The number of aliphatic hydroxyl groups is 1. The zero-order valence-corrected chi connectivity index (χ0v) is 7.53. The van der Waals surface area contributed by atoms with Crippen LogP contribution in [0.15, 0.2) is 0 Å². The van der Waals surface area contributed by atoms with Gasteiger partial charge in [0.1, 0.15) is 6.23 Å². The van der Waals surface area contributed by atoms with E-state index in [1.165, 1.54) is 0 Å². The Morgan fingerprint density at radius 2 is 2.25 bits per heavy atom. The lowest BCUT2D eigenvalue weighted by molar-refractivity contribution is -0.121. The third kappa shape index (κ3) is 1.76. The van der Waals surface area contributed by atoms with Crippen molar-refractivity contribution in [3.8, 4) is 0 Å². The standard InChI is InChI=1S/C8H16N2O2/c1-5(2)10-4-6(8(9)12)3-7(10)11/h5-7,11H,3-4H2,1-2H3,(H2,9,12). The highest BCUT2D eigenvalue weighted by molar-refractivity contribution is 5.77. The SMILES string of the molecule is CC(C)N1CC(C(N)=O)CC1O. The van der Waals surface area contributed by atoms with Crippen LogP contribution in [-0.2, 0) is 4.79 Å². The topological polar surface area (TPSA) is 66.6 Å². The fourth-order valence-electron chi connectivity index (χ4n) is 1.60. The van der Waals surface area contributed by atoms with Gasteiger partial charge in [-0.3, -0.25) is 9.69 Å². The number of nitrogens with two attached hydrogens (primary N) is 1. The molecule has 2 atom stereocenters. The molecule has 1 saturated heterocycles. The Balaban J connectivity index is 2.56. The number of hydrogen-bond donors (Lipinski definition) is 2. The van der Waals surface area contributed by atoms with Crippen LogP contribution in [0.5, 0.6) is 0 Å². The van der Waals surface area contributed by atoms with Crippen molar-refractivity contribution in [2.45, 2.75) is 32.5 Å². The third-order valence-corrected chi connectivity index (χ3v) is 2.38. The summed E-state index contributed by atoms with van der Waals surface area (Å²) >= 11 is 0. The average Bonchev–Trinajstić information content (AvgIpc) is 2.30. The molecule has 0 spiro atoms. The van der Waals surface area contributed by atoms with Crippen molar-refractivity contribution in [1.82, 2.24) is 4.90 Å². The number of hydrogen-bond acceptors (Lipinski definition) is 3. The minimum atomic E-state index is -0.498. The molecular weight excluding hydrogens is 156 g/mol. The summed E-state index contributed by atoms with van der Waals surface area (Å²) in [6, 6.07) is 0.268. The maximum absolute atomic E-state index is 10.8. The van der Waals surface area contributed by atoms with E-state index in [1.807, 2.05) is 18.7 Å². The molecule has 0 bridgehead atoms. The van der Waals surface area contributed by atoms with Crippen LogP contribution in [0.4, 0.5) is 0 Å². The van der Waals surface area contributed by atoms with Gasteiger partial charge >= 0.3 is 0 Å². The van der Waals surface area contributed by atoms with Gasteiger partial charge in [-0.1, -0.05) is 0 Å². The molecule has 0 saturated carbocycles. The van der Waals surface area contributed by atoms with E-state index >= 15 is 0 Å². The lowest BCUT2D eigenvalue weighted by atomic mass is 10.1. The number of aliphatic hydroxyl groups excluding tert-OH is 1. The van der Waals surface area contributed by atoms with E-state index in [4.69, 9.17) is 5.73 Å². The molecule has 0 aromatic carbocycles. The van der Waals surface area contributed by atoms with E-state index in [0.717, 1.165) is 0 Å². The number of amides is 1. The number of carbonyl (C=O) groups is 1. The van der Waals surface area contributed by atoms with Gasteiger partial charge in [0.15, 0.2) is 0 Å². The number of carbonyl (C=O) groups excluding carboxylic acids is 1. The maximum atomic E-state index is 10.8. The predicted molar refractivity (Wildman–Crippen MR) is 45.2 cm³/mol. The Hall–Kier alpha value is -0.610. The maximum Gasteiger partial charge on any atom is 0.221 e. The summed E-state index contributed by atoms with van der Waals surface area (Å²) in [5, 5.41) is 9.50. The highest BCUT2D eigenvalue weighted by Crippen LogP contribution is 2.22. The van der Waals surface area contributed by atoms with Crippen LogP contribution in [0.25, 0.3) is 0 Å². The fraction of sp³-hybridized carbons (Fsp3) is 0.875. The third-order valence-electron chi connectivity index (χ3n) is 2.38. The highest BCUT2D eigenvalue weighted by atomic mass is 16.3. The van der Waals surface area contributed by atoms with Crippen molar-refractivity contribution in [2.75, 3.05) is 6.54 Å². The van der Waals surface area contributed by atoms with E-state index in [2.05, 4.69) is 0 Å². The Bertz CT molecular complexity index is 182. The Morgan fingerprint density at radius 3 is 2.50 bits per heavy atom. The first kappa shape index (κ1) is 9.48. The Kier molecular flexibility index (Phi) is 2.69. The molecule has 3 N–H and O–H groups in total. The normalized spacial score (nSPS) is 31.3. The summed E-state index contributed by atoms with van der Waals surface area (Å²) < 4.78 is 0. The van der Waals surface area contributed by atoms with Crippen LogP contribution in [0, 0.1) is 5.92 Å². The Labute approximate surface area is 72.3 Å². The molecule has 0 aromatic rings. The van der Waals surface area contributed by atoms with Crippen molar-refractivity contribution < 1.29 is 9.90 Å². The molecule has 0 radical (unpaired) electrons. The lowest BCUT2D eigenvalue weighted by Crippen LogP contribution is -2.36. The van der Waals surface area contributed by atoms with Crippen LogP contribution in [0.1, 0.15) is 20.3 Å². The quantitative estimate of drug-likeness (QED) is 0.591. The predicted octanol–water partition coefficient (Wildman–Crippen LogP) is -0.480.